The SMILES string of the molecule is CN=C(NCCN(C)C(=O)OC(C)(C)C)NCC1(c2ccccc2)CC1. The van der Waals surface area contributed by atoms with Crippen molar-refractivity contribution in [1.82, 2.24) is 15.5 Å². The van der Waals surface area contributed by atoms with Gasteiger partial charge in [0, 0.05) is 39.1 Å². The highest BCUT2D eigenvalue weighted by atomic mass is 16.6. The molecule has 0 bridgehead atoms. The zero-order chi connectivity index (χ0) is 19.2. The fraction of sp³-hybridized carbons (Fsp3) is 0.600. The van der Waals surface area contributed by atoms with Gasteiger partial charge in [0.1, 0.15) is 5.60 Å². The minimum Gasteiger partial charge on any atom is -0.444 e. The number of hydrogen-bond acceptors (Lipinski definition) is 3. The number of benzene rings is 1. The molecule has 0 saturated heterocycles. The van der Waals surface area contributed by atoms with Gasteiger partial charge < -0.3 is 20.3 Å². The van der Waals surface area contributed by atoms with E-state index in [-0.39, 0.29) is 11.5 Å². The largest absolute Gasteiger partial charge is 0.444 e. The van der Waals surface area contributed by atoms with E-state index in [9.17, 15) is 4.79 Å². The van der Waals surface area contributed by atoms with Crippen molar-refractivity contribution < 1.29 is 9.53 Å². The molecular weight excluding hydrogens is 328 g/mol. The van der Waals surface area contributed by atoms with Crippen LogP contribution in [0.25, 0.3) is 0 Å². The van der Waals surface area contributed by atoms with E-state index in [0.29, 0.717) is 13.1 Å². The quantitative estimate of drug-likeness (QED) is 0.605. The van der Waals surface area contributed by atoms with Crippen molar-refractivity contribution >= 4 is 12.1 Å². The van der Waals surface area contributed by atoms with Crippen LogP contribution in [0.15, 0.2) is 35.3 Å². The van der Waals surface area contributed by atoms with Crippen LogP contribution in [0.2, 0.25) is 0 Å². The highest BCUT2D eigenvalue weighted by Crippen LogP contribution is 2.47. The van der Waals surface area contributed by atoms with Gasteiger partial charge in [0.2, 0.25) is 0 Å². The number of rotatable bonds is 6. The number of nitrogens with zero attached hydrogens (tertiary/aromatic N) is 2. The van der Waals surface area contributed by atoms with Gasteiger partial charge in [-0.05, 0) is 39.2 Å². The first-order valence-electron chi connectivity index (χ1n) is 9.20. The first-order chi connectivity index (χ1) is 12.3. The molecule has 0 heterocycles. The molecule has 1 aromatic carbocycles. The zero-order valence-corrected chi connectivity index (χ0v) is 16.6. The maximum atomic E-state index is 12.0. The molecule has 1 saturated carbocycles. The van der Waals surface area contributed by atoms with Crippen LogP contribution in [-0.4, -0.2) is 56.3 Å². The molecule has 0 spiro atoms. The summed E-state index contributed by atoms with van der Waals surface area (Å²) >= 11 is 0. The first kappa shape index (κ1) is 20.1. The van der Waals surface area contributed by atoms with Crippen molar-refractivity contribution in [3.05, 3.63) is 35.9 Å². The summed E-state index contributed by atoms with van der Waals surface area (Å²) in [6, 6.07) is 10.6. The third kappa shape index (κ3) is 5.93. The van der Waals surface area contributed by atoms with Gasteiger partial charge in [-0.25, -0.2) is 4.79 Å². The van der Waals surface area contributed by atoms with E-state index in [1.807, 2.05) is 20.8 Å². The van der Waals surface area contributed by atoms with Gasteiger partial charge >= 0.3 is 6.09 Å². The Balaban J connectivity index is 1.74. The number of hydrogen-bond donors (Lipinski definition) is 2. The molecule has 0 aliphatic heterocycles. The molecule has 144 valence electrons. The van der Waals surface area contributed by atoms with E-state index < -0.39 is 5.60 Å². The molecule has 1 aliphatic carbocycles. The van der Waals surface area contributed by atoms with E-state index in [1.54, 1.807) is 19.0 Å². The molecule has 26 heavy (non-hydrogen) atoms. The number of guanidine groups is 1. The van der Waals surface area contributed by atoms with Gasteiger partial charge in [-0.1, -0.05) is 30.3 Å². The average Bonchev–Trinajstić information content (AvgIpc) is 3.38. The summed E-state index contributed by atoms with van der Waals surface area (Å²) in [5, 5.41) is 6.68. The highest BCUT2D eigenvalue weighted by Gasteiger charge is 2.43. The van der Waals surface area contributed by atoms with E-state index in [2.05, 4.69) is 46.0 Å². The number of carbonyl (C=O) groups is 1. The van der Waals surface area contributed by atoms with E-state index in [4.69, 9.17) is 4.74 Å². The smallest absolute Gasteiger partial charge is 0.410 e. The maximum Gasteiger partial charge on any atom is 0.410 e. The number of nitrogens with one attached hydrogen (secondary N) is 2. The third-order valence-electron chi connectivity index (χ3n) is 4.50. The lowest BCUT2D eigenvalue weighted by molar-refractivity contribution is 0.0302. The van der Waals surface area contributed by atoms with Gasteiger partial charge in [-0.2, -0.15) is 0 Å². The lowest BCUT2D eigenvalue weighted by Crippen LogP contribution is -2.44. The molecule has 0 atom stereocenters. The van der Waals surface area contributed by atoms with Crippen molar-refractivity contribution in [1.29, 1.82) is 0 Å². The summed E-state index contributed by atoms with van der Waals surface area (Å²) < 4.78 is 5.35. The Morgan fingerprint density at radius 2 is 1.88 bits per heavy atom. The van der Waals surface area contributed by atoms with Crippen molar-refractivity contribution in [2.24, 2.45) is 4.99 Å². The molecule has 1 aliphatic rings. The van der Waals surface area contributed by atoms with Gasteiger partial charge in [0.15, 0.2) is 5.96 Å². The summed E-state index contributed by atoms with van der Waals surface area (Å²) in [6.45, 7) is 7.60. The van der Waals surface area contributed by atoms with Gasteiger partial charge in [0.25, 0.3) is 0 Å². The summed E-state index contributed by atoms with van der Waals surface area (Å²) in [6.07, 6.45) is 2.08. The zero-order valence-electron chi connectivity index (χ0n) is 16.6. The van der Waals surface area contributed by atoms with Crippen molar-refractivity contribution in [3.63, 3.8) is 0 Å². The molecule has 2 rings (SSSR count). The normalized spacial score (nSPS) is 16.0. The minimum absolute atomic E-state index is 0.228. The predicted molar refractivity (Wildman–Crippen MR) is 106 cm³/mol. The number of ether oxygens (including phenoxy) is 1. The third-order valence-corrected chi connectivity index (χ3v) is 4.50. The Morgan fingerprint density at radius 3 is 2.42 bits per heavy atom. The average molecular weight is 361 g/mol. The van der Waals surface area contributed by atoms with Crippen LogP contribution in [0, 0.1) is 0 Å². The van der Waals surface area contributed by atoms with Gasteiger partial charge in [-0.3, -0.25) is 4.99 Å². The molecule has 6 heteroatoms. The topological polar surface area (TPSA) is 66.0 Å². The second kappa shape index (κ2) is 8.43. The van der Waals surface area contributed by atoms with Crippen molar-refractivity contribution in [3.8, 4) is 0 Å². The van der Waals surface area contributed by atoms with E-state index in [1.165, 1.54) is 18.4 Å². The second-order valence-corrected chi connectivity index (χ2v) is 7.90. The standard InChI is InChI=1S/C20H32N4O2/c1-19(2,3)26-18(25)24(5)14-13-22-17(21-4)23-15-20(11-12-20)16-9-7-6-8-10-16/h6-10H,11-15H2,1-5H3,(H2,21,22,23). The van der Waals surface area contributed by atoms with Crippen LogP contribution < -0.4 is 10.6 Å². The molecular formula is C20H32N4O2. The lowest BCUT2D eigenvalue weighted by atomic mass is 9.96. The minimum atomic E-state index is -0.480. The summed E-state index contributed by atoms with van der Waals surface area (Å²) in [5.74, 6) is 0.754. The predicted octanol–water partition coefficient (Wildman–Crippen LogP) is 2.75. The maximum absolute atomic E-state index is 12.0. The molecule has 2 N–H and O–H groups in total. The van der Waals surface area contributed by atoms with Crippen LogP contribution in [-0.2, 0) is 10.2 Å². The Hall–Kier alpha value is -2.24. The summed E-state index contributed by atoms with van der Waals surface area (Å²) in [5.41, 5.74) is 1.13. The second-order valence-electron chi connectivity index (χ2n) is 7.90. The van der Waals surface area contributed by atoms with Gasteiger partial charge in [0.05, 0.1) is 0 Å². The fourth-order valence-electron chi connectivity index (χ4n) is 2.76. The van der Waals surface area contributed by atoms with Crippen LogP contribution in [0.5, 0.6) is 0 Å². The van der Waals surface area contributed by atoms with Crippen molar-refractivity contribution in [2.45, 2.75) is 44.6 Å². The van der Waals surface area contributed by atoms with Gasteiger partial charge in [-0.15, -0.1) is 0 Å². The highest BCUT2D eigenvalue weighted by molar-refractivity contribution is 5.80. The van der Waals surface area contributed by atoms with Crippen LogP contribution in [0.4, 0.5) is 4.79 Å². The van der Waals surface area contributed by atoms with Crippen LogP contribution in [0.3, 0.4) is 0 Å². The Morgan fingerprint density at radius 1 is 1.23 bits per heavy atom. The molecule has 1 fully saturated rings. The number of amides is 1. The number of aliphatic imine (C=N–C) groups is 1. The van der Waals surface area contributed by atoms with Crippen LogP contribution >= 0.6 is 0 Å². The molecule has 0 radical (unpaired) electrons. The Bertz CT molecular complexity index is 618. The van der Waals surface area contributed by atoms with E-state index >= 15 is 0 Å². The monoisotopic (exact) mass is 360 g/mol. The number of likely N-dealkylation sites (N-methyl/N-ethyl adjacent to an activating group) is 1. The fourth-order valence-corrected chi connectivity index (χ4v) is 2.76. The summed E-state index contributed by atoms with van der Waals surface area (Å²) in [4.78, 5) is 17.8. The van der Waals surface area contributed by atoms with Crippen molar-refractivity contribution in [2.75, 3.05) is 33.7 Å². The van der Waals surface area contributed by atoms with E-state index in [0.717, 1.165) is 12.5 Å². The Labute approximate surface area is 157 Å². The number of carbonyl (C=O) groups excluding carboxylic acids is 1. The van der Waals surface area contributed by atoms with Crippen LogP contribution in [0.1, 0.15) is 39.2 Å². The molecule has 1 aromatic rings. The molecule has 1 amide bonds. The molecule has 0 unspecified atom stereocenters. The summed E-state index contributed by atoms with van der Waals surface area (Å²) in [7, 11) is 3.50. The molecule has 0 aromatic heterocycles. The Kier molecular flexibility index (Phi) is 6.51. The first-order valence-corrected chi connectivity index (χ1v) is 9.20. The molecule has 6 nitrogen and oxygen atoms in total. The lowest BCUT2D eigenvalue weighted by Gasteiger charge is -2.25.